The van der Waals surface area contributed by atoms with E-state index in [0.717, 1.165) is 6.20 Å². The number of rotatable bonds is 5. The predicted octanol–water partition coefficient (Wildman–Crippen LogP) is 2.63. The minimum Gasteiger partial charge on any atom is -0.399 e. The standard InChI is InChI=1S/C16H13ClN4O4S/c17-14-7-11(19)1-6-15(14)21-16(22)10(8-18)9-20-12-2-4-13(5-3-12)26(23,24)25/h1-7,9,20H,19H2,(H,21,22)(H,23,24,25)/b10-9-. The Morgan fingerprint density at radius 3 is 2.42 bits per heavy atom. The molecule has 0 radical (unpaired) electrons. The minimum atomic E-state index is -4.29. The second kappa shape index (κ2) is 7.88. The molecule has 0 fully saturated rings. The largest absolute Gasteiger partial charge is 0.399 e. The third-order valence-corrected chi connectivity index (χ3v) is 4.32. The van der Waals surface area contributed by atoms with Crippen LogP contribution >= 0.6 is 11.6 Å². The Kier molecular flexibility index (Phi) is 5.84. The van der Waals surface area contributed by atoms with E-state index in [1.54, 1.807) is 12.1 Å². The van der Waals surface area contributed by atoms with Crippen LogP contribution in [0.3, 0.4) is 0 Å². The van der Waals surface area contributed by atoms with Crippen LogP contribution in [0.1, 0.15) is 0 Å². The van der Waals surface area contributed by atoms with Crippen LogP contribution in [0.15, 0.2) is 59.1 Å². The SMILES string of the molecule is N#C/C(=C/Nc1ccc(S(=O)(=O)O)cc1)C(=O)Nc1ccc(N)cc1Cl. The first-order valence-corrected chi connectivity index (χ1v) is 8.83. The van der Waals surface area contributed by atoms with Crippen LogP contribution in [0.5, 0.6) is 0 Å². The zero-order chi connectivity index (χ0) is 19.3. The Morgan fingerprint density at radius 2 is 1.88 bits per heavy atom. The number of amides is 1. The van der Waals surface area contributed by atoms with Crippen molar-refractivity contribution in [3.8, 4) is 6.07 Å². The number of nitriles is 1. The van der Waals surface area contributed by atoms with Crippen molar-refractivity contribution in [3.63, 3.8) is 0 Å². The molecule has 134 valence electrons. The number of nitrogens with one attached hydrogen (secondary N) is 2. The van der Waals surface area contributed by atoms with E-state index < -0.39 is 16.0 Å². The fourth-order valence-corrected chi connectivity index (χ4v) is 2.57. The van der Waals surface area contributed by atoms with Gasteiger partial charge in [0.1, 0.15) is 11.6 Å². The van der Waals surface area contributed by atoms with E-state index in [-0.39, 0.29) is 15.5 Å². The lowest BCUT2D eigenvalue weighted by molar-refractivity contribution is -0.112. The highest BCUT2D eigenvalue weighted by molar-refractivity contribution is 7.85. The van der Waals surface area contributed by atoms with Gasteiger partial charge < -0.3 is 16.4 Å². The van der Waals surface area contributed by atoms with Crippen molar-refractivity contribution >= 4 is 44.7 Å². The van der Waals surface area contributed by atoms with E-state index in [0.29, 0.717) is 17.1 Å². The molecule has 0 heterocycles. The van der Waals surface area contributed by atoms with Crippen LogP contribution in [0.25, 0.3) is 0 Å². The summed E-state index contributed by atoms with van der Waals surface area (Å²) < 4.78 is 30.9. The van der Waals surface area contributed by atoms with E-state index in [1.165, 1.54) is 36.4 Å². The van der Waals surface area contributed by atoms with Crippen molar-refractivity contribution in [3.05, 3.63) is 59.3 Å². The first-order chi connectivity index (χ1) is 12.2. The first-order valence-electron chi connectivity index (χ1n) is 7.01. The minimum absolute atomic E-state index is 0.226. The molecule has 2 aromatic carbocycles. The van der Waals surface area contributed by atoms with Crippen LogP contribution in [0, 0.1) is 11.3 Å². The average molecular weight is 393 g/mol. The number of carbonyl (C=O) groups is 1. The Balaban J connectivity index is 2.12. The highest BCUT2D eigenvalue weighted by Gasteiger charge is 2.12. The second-order valence-electron chi connectivity index (χ2n) is 5.01. The Hall–Kier alpha value is -3.06. The van der Waals surface area contributed by atoms with Crippen molar-refractivity contribution in [2.24, 2.45) is 0 Å². The Bertz CT molecular complexity index is 1010. The number of halogens is 1. The average Bonchev–Trinajstić information content (AvgIpc) is 2.57. The molecule has 26 heavy (non-hydrogen) atoms. The molecule has 0 aliphatic heterocycles. The van der Waals surface area contributed by atoms with Crippen molar-refractivity contribution in [2.45, 2.75) is 4.90 Å². The molecule has 0 unspecified atom stereocenters. The third kappa shape index (κ3) is 4.97. The fourth-order valence-electron chi connectivity index (χ4n) is 1.85. The van der Waals surface area contributed by atoms with Gasteiger partial charge in [-0.3, -0.25) is 9.35 Å². The molecule has 0 aromatic heterocycles. The molecule has 8 nitrogen and oxygen atoms in total. The third-order valence-electron chi connectivity index (χ3n) is 3.14. The Morgan fingerprint density at radius 1 is 1.23 bits per heavy atom. The molecule has 2 rings (SSSR count). The van der Waals surface area contributed by atoms with Crippen LogP contribution in [-0.4, -0.2) is 18.9 Å². The zero-order valence-corrected chi connectivity index (χ0v) is 14.7. The molecule has 1 amide bonds. The molecule has 0 saturated carbocycles. The van der Waals surface area contributed by atoms with Gasteiger partial charge in [0, 0.05) is 17.6 Å². The van der Waals surface area contributed by atoms with Gasteiger partial charge in [0.2, 0.25) is 0 Å². The maximum atomic E-state index is 12.1. The number of benzene rings is 2. The van der Waals surface area contributed by atoms with E-state index in [1.807, 2.05) is 0 Å². The molecular weight excluding hydrogens is 380 g/mol. The molecule has 5 N–H and O–H groups in total. The van der Waals surface area contributed by atoms with Crippen molar-refractivity contribution in [1.82, 2.24) is 0 Å². The normalized spacial score (nSPS) is 11.5. The molecule has 0 spiro atoms. The number of nitrogens with two attached hydrogens (primary N) is 1. The lowest BCUT2D eigenvalue weighted by Crippen LogP contribution is -2.15. The summed E-state index contributed by atoms with van der Waals surface area (Å²) in [6.45, 7) is 0. The van der Waals surface area contributed by atoms with Crippen molar-refractivity contribution in [1.29, 1.82) is 5.26 Å². The van der Waals surface area contributed by atoms with Crippen molar-refractivity contribution in [2.75, 3.05) is 16.4 Å². The Labute approximate surface area is 154 Å². The van der Waals surface area contributed by atoms with Crippen LogP contribution in [0.2, 0.25) is 5.02 Å². The van der Waals surface area contributed by atoms with Gasteiger partial charge in [0.15, 0.2) is 0 Å². The van der Waals surface area contributed by atoms with E-state index in [4.69, 9.17) is 27.1 Å². The van der Waals surface area contributed by atoms with Gasteiger partial charge in [-0.15, -0.1) is 0 Å². The monoisotopic (exact) mass is 392 g/mol. The molecular formula is C16H13ClN4O4S. The zero-order valence-electron chi connectivity index (χ0n) is 13.1. The molecule has 0 aliphatic rings. The highest BCUT2D eigenvalue weighted by Crippen LogP contribution is 2.24. The quantitative estimate of drug-likeness (QED) is 0.265. The van der Waals surface area contributed by atoms with E-state index in [9.17, 15) is 13.2 Å². The van der Waals surface area contributed by atoms with Gasteiger partial charge in [-0.2, -0.15) is 13.7 Å². The molecule has 0 saturated heterocycles. The number of hydrogen-bond acceptors (Lipinski definition) is 6. The van der Waals surface area contributed by atoms with Gasteiger partial charge in [-0.25, -0.2) is 0 Å². The molecule has 0 bridgehead atoms. The topological polar surface area (TPSA) is 145 Å². The van der Waals surface area contributed by atoms with Crippen LogP contribution in [-0.2, 0) is 14.9 Å². The first kappa shape index (κ1) is 19.3. The van der Waals surface area contributed by atoms with E-state index >= 15 is 0 Å². The number of carbonyl (C=O) groups excluding carboxylic acids is 1. The maximum Gasteiger partial charge on any atom is 0.294 e. The van der Waals surface area contributed by atoms with Gasteiger partial charge >= 0.3 is 0 Å². The van der Waals surface area contributed by atoms with Gasteiger partial charge in [0.05, 0.1) is 15.6 Å². The predicted molar refractivity (Wildman–Crippen MR) is 98.1 cm³/mol. The summed E-state index contributed by atoms with van der Waals surface area (Å²) in [7, 11) is -4.29. The fraction of sp³-hybridized carbons (Fsp3) is 0. The second-order valence-corrected chi connectivity index (χ2v) is 6.84. The van der Waals surface area contributed by atoms with Crippen LogP contribution in [0.4, 0.5) is 17.1 Å². The summed E-state index contributed by atoms with van der Waals surface area (Å²) >= 11 is 5.96. The maximum absolute atomic E-state index is 12.1. The number of hydrogen-bond donors (Lipinski definition) is 4. The molecule has 0 atom stereocenters. The molecule has 2 aromatic rings. The summed E-state index contributed by atoms with van der Waals surface area (Å²) in [6, 6.07) is 11.3. The summed E-state index contributed by atoms with van der Waals surface area (Å²) in [5, 5.41) is 14.5. The summed E-state index contributed by atoms with van der Waals surface area (Å²) in [4.78, 5) is 11.9. The smallest absolute Gasteiger partial charge is 0.294 e. The van der Waals surface area contributed by atoms with Gasteiger partial charge in [0.25, 0.3) is 16.0 Å². The molecule has 0 aliphatic carbocycles. The number of anilines is 3. The lowest BCUT2D eigenvalue weighted by atomic mass is 10.2. The van der Waals surface area contributed by atoms with Crippen molar-refractivity contribution < 1.29 is 17.8 Å². The molecule has 10 heteroatoms. The van der Waals surface area contributed by atoms with Gasteiger partial charge in [-0.1, -0.05) is 11.6 Å². The lowest BCUT2D eigenvalue weighted by Gasteiger charge is -2.08. The van der Waals surface area contributed by atoms with Crippen LogP contribution < -0.4 is 16.4 Å². The van der Waals surface area contributed by atoms with Gasteiger partial charge in [-0.05, 0) is 42.5 Å². The summed E-state index contributed by atoms with van der Waals surface area (Å²) in [5.74, 6) is -0.693. The summed E-state index contributed by atoms with van der Waals surface area (Å²) in [5.41, 5.74) is 6.46. The van der Waals surface area contributed by atoms with E-state index in [2.05, 4.69) is 10.6 Å². The summed E-state index contributed by atoms with van der Waals surface area (Å²) in [6.07, 6.45) is 1.16. The number of nitrogen functional groups attached to an aromatic ring is 1. The number of nitrogens with zero attached hydrogens (tertiary/aromatic N) is 1. The highest BCUT2D eigenvalue weighted by atomic mass is 35.5.